The molecule has 0 aliphatic heterocycles. The molecule has 2 aromatic carbocycles. The van der Waals surface area contributed by atoms with Gasteiger partial charge in [-0.25, -0.2) is 0 Å². The third-order valence-corrected chi connectivity index (χ3v) is 5.72. The van der Waals surface area contributed by atoms with E-state index in [2.05, 4.69) is 39.8 Å². The van der Waals surface area contributed by atoms with Crippen LogP contribution in [0.4, 0.5) is 0 Å². The fraction of sp³-hybridized carbons (Fsp3) is 0.318. The Labute approximate surface area is 168 Å². The predicted molar refractivity (Wildman–Crippen MR) is 110 cm³/mol. The molecule has 4 rings (SSSR count). The summed E-state index contributed by atoms with van der Waals surface area (Å²) >= 11 is 1.27. The number of nitrogens with zero attached hydrogens (tertiary/aromatic N) is 2. The van der Waals surface area contributed by atoms with Crippen molar-refractivity contribution >= 4 is 17.7 Å². The van der Waals surface area contributed by atoms with E-state index in [1.54, 1.807) is 0 Å². The van der Waals surface area contributed by atoms with Gasteiger partial charge in [0.15, 0.2) is 0 Å². The van der Waals surface area contributed by atoms with Gasteiger partial charge in [0, 0.05) is 5.56 Å². The van der Waals surface area contributed by atoms with Gasteiger partial charge in [0.05, 0.1) is 11.8 Å². The van der Waals surface area contributed by atoms with Crippen LogP contribution >= 0.6 is 11.8 Å². The van der Waals surface area contributed by atoms with Crippen LogP contribution in [0.2, 0.25) is 0 Å². The van der Waals surface area contributed by atoms with Crippen LogP contribution in [-0.4, -0.2) is 21.9 Å². The number of rotatable bonds is 5. The number of aromatic nitrogens is 2. The fourth-order valence-electron chi connectivity index (χ4n) is 3.75. The van der Waals surface area contributed by atoms with Gasteiger partial charge in [-0.1, -0.05) is 53.2 Å². The summed E-state index contributed by atoms with van der Waals surface area (Å²) < 4.78 is 5.74. The van der Waals surface area contributed by atoms with Crippen LogP contribution in [0.15, 0.2) is 52.1 Å². The molecule has 0 radical (unpaired) electrons. The van der Waals surface area contributed by atoms with Crippen molar-refractivity contribution in [2.45, 2.75) is 44.4 Å². The normalized spacial score (nSPS) is 15.9. The van der Waals surface area contributed by atoms with Crippen molar-refractivity contribution in [1.29, 1.82) is 0 Å². The Morgan fingerprint density at radius 3 is 2.79 bits per heavy atom. The molecule has 144 valence electrons. The van der Waals surface area contributed by atoms with E-state index in [-0.39, 0.29) is 17.7 Å². The second kappa shape index (κ2) is 8.19. The SMILES string of the molecule is Cc1cc(C)cc(-c2nnc(SCC(=O)N[C@H]3CCCc4ccccc43)o2)c1. The van der Waals surface area contributed by atoms with Gasteiger partial charge in [-0.2, -0.15) is 0 Å². The maximum atomic E-state index is 12.4. The topological polar surface area (TPSA) is 68.0 Å². The summed E-state index contributed by atoms with van der Waals surface area (Å²) in [5, 5.41) is 11.8. The Kier molecular flexibility index (Phi) is 5.48. The van der Waals surface area contributed by atoms with E-state index < -0.39 is 0 Å². The minimum absolute atomic E-state index is 0.0159. The Hall–Kier alpha value is -2.60. The van der Waals surface area contributed by atoms with E-state index >= 15 is 0 Å². The molecule has 0 saturated carbocycles. The number of nitrogens with one attached hydrogen (secondary N) is 1. The van der Waals surface area contributed by atoms with Gasteiger partial charge in [0.25, 0.3) is 5.22 Å². The number of carbonyl (C=O) groups is 1. The summed E-state index contributed by atoms with van der Waals surface area (Å²) in [6, 6.07) is 14.6. The first-order valence-electron chi connectivity index (χ1n) is 9.50. The van der Waals surface area contributed by atoms with Crippen molar-refractivity contribution in [3.63, 3.8) is 0 Å². The van der Waals surface area contributed by atoms with E-state index in [1.165, 1.54) is 22.9 Å². The van der Waals surface area contributed by atoms with Gasteiger partial charge in [-0.05, 0) is 56.4 Å². The van der Waals surface area contributed by atoms with Gasteiger partial charge in [0.1, 0.15) is 0 Å². The highest BCUT2D eigenvalue weighted by molar-refractivity contribution is 7.99. The first kappa shape index (κ1) is 18.7. The third kappa shape index (κ3) is 4.28. The average molecular weight is 394 g/mol. The van der Waals surface area contributed by atoms with Gasteiger partial charge in [0.2, 0.25) is 11.8 Å². The number of aryl methyl sites for hydroxylation is 3. The van der Waals surface area contributed by atoms with Crippen LogP contribution in [0.3, 0.4) is 0 Å². The summed E-state index contributed by atoms with van der Waals surface area (Å²) in [5.74, 6) is 0.724. The van der Waals surface area contributed by atoms with Crippen molar-refractivity contribution in [3.05, 3.63) is 64.7 Å². The number of carbonyl (C=O) groups excluding carboxylic acids is 1. The highest BCUT2D eigenvalue weighted by atomic mass is 32.2. The molecule has 1 N–H and O–H groups in total. The summed E-state index contributed by atoms with van der Waals surface area (Å²) in [5.41, 5.74) is 5.77. The summed E-state index contributed by atoms with van der Waals surface area (Å²) in [6.07, 6.45) is 3.16. The van der Waals surface area contributed by atoms with Crippen molar-refractivity contribution < 1.29 is 9.21 Å². The Balaban J connectivity index is 1.37. The standard InChI is InChI=1S/C22H23N3O2S/c1-14-10-15(2)12-17(11-14)21-24-25-22(27-21)28-13-20(26)23-19-9-5-7-16-6-3-4-8-18(16)19/h3-4,6,8,10-12,19H,5,7,9,13H2,1-2H3,(H,23,26)/t19-/m0/s1. The Morgan fingerprint density at radius 2 is 1.96 bits per heavy atom. The number of hydrogen-bond donors (Lipinski definition) is 1. The van der Waals surface area contributed by atoms with E-state index in [0.717, 1.165) is 36.0 Å². The molecule has 0 bridgehead atoms. The molecule has 28 heavy (non-hydrogen) atoms. The molecule has 0 fully saturated rings. The summed E-state index contributed by atoms with van der Waals surface area (Å²) in [7, 11) is 0. The molecule has 1 aliphatic carbocycles. The number of hydrogen-bond acceptors (Lipinski definition) is 5. The molecule has 6 heteroatoms. The fourth-order valence-corrected chi connectivity index (χ4v) is 4.32. The number of thioether (sulfide) groups is 1. The third-order valence-electron chi connectivity index (χ3n) is 4.91. The van der Waals surface area contributed by atoms with E-state index in [9.17, 15) is 4.79 Å². The predicted octanol–water partition coefficient (Wildman–Crippen LogP) is 4.64. The molecule has 0 spiro atoms. The van der Waals surface area contributed by atoms with Gasteiger partial charge in [-0.3, -0.25) is 4.79 Å². The molecule has 5 nitrogen and oxygen atoms in total. The number of fused-ring (bicyclic) bond motifs is 1. The Bertz CT molecular complexity index is 979. The highest BCUT2D eigenvalue weighted by Gasteiger charge is 2.21. The van der Waals surface area contributed by atoms with Crippen LogP contribution in [0.1, 0.15) is 41.1 Å². The minimum Gasteiger partial charge on any atom is -0.411 e. The van der Waals surface area contributed by atoms with Crippen LogP contribution < -0.4 is 5.32 Å². The quantitative estimate of drug-likeness (QED) is 0.640. The monoisotopic (exact) mass is 393 g/mol. The molecule has 1 aromatic heterocycles. The molecule has 1 amide bonds. The molecular weight excluding hydrogens is 370 g/mol. The molecule has 0 unspecified atom stereocenters. The maximum absolute atomic E-state index is 12.4. The van der Waals surface area contributed by atoms with Crippen molar-refractivity contribution in [1.82, 2.24) is 15.5 Å². The molecule has 0 saturated heterocycles. The van der Waals surface area contributed by atoms with Crippen molar-refractivity contribution in [2.75, 3.05) is 5.75 Å². The van der Waals surface area contributed by atoms with E-state index in [0.29, 0.717) is 11.1 Å². The maximum Gasteiger partial charge on any atom is 0.277 e. The summed E-state index contributed by atoms with van der Waals surface area (Å²) in [6.45, 7) is 4.08. The molecule has 1 heterocycles. The van der Waals surface area contributed by atoms with Gasteiger partial charge in [-0.15, -0.1) is 10.2 Å². The minimum atomic E-state index is -0.0159. The lowest BCUT2D eigenvalue weighted by molar-refractivity contribution is -0.119. The van der Waals surface area contributed by atoms with Crippen LogP contribution in [0.5, 0.6) is 0 Å². The lowest BCUT2D eigenvalue weighted by Gasteiger charge is -2.26. The lowest BCUT2D eigenvalue weighted by Crippen LogP contribution is -2.32. The second-order valence-corrected chi connectivity index (χ2v) is 8.18. The van der Waals surface area contributed by atoms with Crippen LogP contribution in [-0.2, 0) is 11.2 Å². The zero-order valence-electron chi connectivity index (χ0n) is 16.1. The van der Waals surface area contributed by atoms with Crippen molar-refractivity contribution in [3.8, 4) is 11.5 Å². The van der Waals surface area contributed by atoms with E-state index in [1.807, 2.05) is 32.0 Å². The Morgan fingerprint density at radius 1 is 1.18 bits per heavy atom. The second-order valence-electron chi connectivity index (χ2n) is 7.25. The highest BCUT2D eigenvalue weighted by Crippen LogP contribution is 2.30. The number of benzene rings is 2. The van der Waals surface area contributed by atoms with Crippen molar-refractivity contribution in [2.24, 2.45) is 0 Å². The largest absolute Gasteiger partial charge is 0.411 e. The number of amides is 1. The van der Waals surface area contributed by atoms with Crippen LogP contribution in [0.25, 0.3) is 11.5 Å². The zero-order chi connectivity index (χ0) is 19.5. The first-order valence-corrected chi connectivity index (χ1v) is 10.5. The van der Waals surface area contributed by atoms with E-state index in [4.69, 9.17) is 4.42 Å². The molecule has 1 aliphatic rings. The van der Waals surface area contributed by atoms with Crippen LogP contribution in [0, 0.1) is 13.8 Å². The average Bonchev–Trinajstić information content (AvgIpc) is 3.15. The first-order chi connectivity index (χ1) is 13.6. The van der Waals surface area contributed by atoms with Gasteiger partial charge < -0.3 is 9.73 Å². The molecule has 1 atom stereocenters. The zero-order valence-corrected chi connectivity index (χ0v) is 16.9. The van der Waals surface area contributed by atoms with Gasteiger partial charge >= 0.3 is 0 Å². The smallest absolute Gasteiger partial charge is 0.277 e. The lowest BCUT2D eigenvalue weighted by atomic mass is 9.88. The summed E-state index contributed by atoms with van der Waals surface area (Å²) in [4.78, 5) is 12.4. The molecule has 3 aromatic rings. The molecular formula is C22H23N3O2S.